The maximum Gasteiger partial charge on any atom is 0.172 e. The number of fused-ring (bicyclic) bond motifs is 1. The number of hydrogen-bond donors (Lipinski definition) is 0. The number of unbranched alkanes of at least 4 members (excludes halogenated alkanes) is 8. The summed E-state index contributed by atoms with van der Waals surface area (Å²) in [5.41, 5.74) is 0. The molecule has 3 heteroatoms. The number of hydrogen-bond acceptors (Lipinski definition) is 3. The molecule has 28 heavy (non-hydrogen) atoms. The molecule has 0 aromatic heterocycles. The van der Waals surface area contributed by atoms with E-state index in [0.717, 1.165) is 47.5 Å². The largest absolute Gasteiger partial charge is 0.493 e. The molecule has 0 aliphatic carbocycles. The minimum atomic E-state index is 0.713. The molecule has 156 valence electrons. The van der Waals surface area contributed by atoms with E-state index in [0.29, 0.717) is 6.61 Å². The van der Waals surface area contributed by atoms with Crippen molar-refractivity contribution in [1.82, 2.24) is 0 Å². The summed E-state index contributed by atoms with van der Waals surface area (Å²) in [6.45, 7) is 5.94. The third-order valence-corrected chi connectivity index (χ3v) is 5.14. The summed E-state index contributed by atoms with van der Waals surface area (Å²) in [5.74, 6) is 2.49. The van der Waals surface area contributed by atoms with Crippen LogP contribution in [0.1, 0.15) is 78.1 Å². The Hall–Kier alpha value is -1.90. The van der Waals surface area contributed by atoms with Crippen LogP contribution in [0.2, 0.25) is 0 Å². The molecule has 0 atom stereocenters. The van der Waals surface area contributed by atoms with E-state index in [1.807, 2.05) is 12.1 Å². The topological polar surface area (TPSA) is 27.7 Å². The van der Waals surface area contributed by atoms with Gasteiger partial charge in [0.05, 0.1) is 25.7 Å². The highest BCUT2D eigenvalue weighted by molar-refractivity contribution is 5.95. The second kappa shape index (κ2) is 13.3. The lowest BCUT2D eigenvalue weighted by Crippen LogP contribution is -2.02. The van der Waals surface area contributed by atoms with Gasteiger partial charge in [-0.1, -0.05) is 83.4 Å². The molecule has 0 fully saturated rings. The molecule has 0 aliphatic rings. The molecule has 0 unspecified atom stereocenters. The predicted molar refractivity (Wildman–Crippen MR) is 119 cm³/mol. The summed E-state index contributed by atoms with van der Waals surface area (Å²) in [5, 5.41) is 2.16. The van der Waals surface area contributed by atoms with Gasteiger partial charge in [0.2, 0.25) is 0 Å². The van der Waals surface area contributed by atoms with Crippen molar-refractivity contribution in [3.8, 4) is 17.2 Å². The van der Waals surface area contributed by atoms with Crippen molar-refractivity contribution in [2.75, 3.05) is 20.3 Å². The number of ether oxygens (including phenoxy) is 3. The highest BCUT2D eigenvalue weighted by Gasteiger charge is 2.14. The molecule has 0 amide bonds. The molecule has 0 spiro atoms. The van der Waals surface area contributed by atoms with E-state index in [-0.39, 0.29) is 0 Å². The van der Waals surface area contributed by atoms with Crippen molar-refractivity contribution in [3.63, 3.8) is 0 Å². The van der Waals surface area contributed by atoms with Crippen LogP contribution in [0, 0.1) is 0 Å². The molecule has 2 aromatic carbocycles. The van der Waals surface area contributed by atoms with Crippen LogP contribution < -0.4 is 14.2 Å². The van der Waals surface area contributed by atoms with Gasteiger partial charge in [-0.05, 0) is 30.4 Å². The normalized spacial score (nSPS) is 11.0. The van der Waals surface area contributed by atoms with Crippen LogP contribution in [0.3, 0.4) is 0 Å². The highest BCUT2D eigenvalue weighted by Crippen LogP contribution is 2.41. The van der Waals surface area contributed by atoms with Crippen LogP contribution in [-0.2, 0) is 0 Å². The lowest BCUT2D eigenvalue weighted by Gasteiger charge is -2.16. The Kier molecular flexibility index (Phi) is 10.6. The first-order chi connectivity index (χ1) is 13.8. The Morgan fingerprint density at radius 3 is 1.93 bits per heavy atom. The van der Waals surface area contributed by atoms with E-state index in [1.54, 1.807) is 7.11 Å². The lowest BCUT2D eigenvalue weighted by molar-refractivity contribution is 0.283. The smallest absolute Gasteiger partial charge is 0.172 e. The summed E-state index contributed by atoms with van der Waals surface area (Å²) in [7, 11) is 1.70. The van der Waals surface area contributed by atoms with Crippen molar-refractivity contribution in [2.45, 2.75) is 78.1 Å². The zero-order valence-corrected chi connectivity index (χ0v) is 18.1. The first-order valence-corrected chi connectivity index (χ1v) is 11.2. The van der Waals surface area contributed by atoms with Gasteiger partial charge in [-0.2, -0.15) is 0 Å². The Morgan fingerprint density at radius 2 is 1.29 bits per heavy atom. The standard InChI is InChI=1S/C25H38O3/c1-4-6-8-10-12-19-27-22-16-14-15-21-17-18-23(26-3)25(24(21)22)28-20-13-11-9-7-5-2/h14-18H,4-13,19-20H2,1-3H3. The van der Waals surface area contributed by atoms with E-state index in [9.17, 15) is 0 Å². The molecule has 0 N–H and O–H groups in total. The van der Waals surface area contributed by atoms with Gasteiger partial charge in [0.15, 0.2) is 11.5 Å². The number of rotatable bonds is 15. The van der Waals surface area contributed by atoms with Gasteiger partial charge in [-0.25, -0.2) is 0 Å². The minimum absolute atomic E-state index is 0.713. The molecule has 0 aliphatic heterocycles. The quantitative estimate of drug-likeness (QED) is 0.296. The van der Waals surface area contributed by atoms with Crippen LogP contribution in [0.15, 0.2) is 30.3 Å². The summed E-state index contributed by atoms with van der Waals surface area (Å²) in [4.78, 5) is 0. The lowest BCUT2D eigenvalue weighted by atomic mass is 10.1. The third kappa shape index (κ3) is 6.92. The van der Waals surface area contributed by atoms with Crippen LogP contribution >= 0.6 is 0 Å². The molecule has 0 radical (unpaired) electrons. The SMILES string of the molecule is CCCCCCCOc1cccc2ccc(OC)c(OCCCCCCC)c12. The van der Waals surface area contributed by atoms with Gasteiger partial charge in [-0.15, -0.1) is 0 Å². The number of methoxy groups -OCH3 is 1. The van der Waals surface area contributed by atoms with E-state index >= 15 is 0 Å². The van der Waals surface area contributed by atoms with Gasteiger partial charge in [0, 0.05) is 0 Å². The zero-order valence-electron chi connectivity index (χ0n) is 18.1. The van der Waals surface area contributed by atoms with E-state index < -0.39 is 0 Å². The average molecular weight is 387 g/mol. The number of benzene rings is 2. The van der Waals surface area contributed by atoms with Crippen LogP contribution in [0.25, 0.3) is 10.8 Å². The molecule has 0 bridgehead atoms. The second-order valence-corrected chi connectivity index (χ2v) is 7.48. The van der Waals surface area contributed by atoms with Crippen molar-refractivity contribution in [1.29, 1.82) is 0 Å². The molecule has 3 nitrogen and oxygen atoms in total. The maximum absolute atomic E-state index is 6.22. The summed E-state index contributed by atoms with van der Waals surface area (Å²) < 4.78 is 18.0. The van der Waals surface area contributed by atoms with Gasteiger partial charge >= 0.3 is 0 Å². The predicted octanol–water partition coefficient (Wildman–Crippen LogP) is 7.55. The van der Waals surface area contributed by atoms with E-state index in [1.165, 1.54) is 51.4 Å². The fourth-order valence-corrected chi connectivity index (χ4v) is 3.49. The van der Waals surface area contributed by atoms with Crippen LogP contribution in [-0.4, -0.2) is 20.3 Å². The van der Waals surface area contributed by atoms with Crippen molar-refractivity contribution >= 4 is 10.8 Å². The first kappa shape index (κ1) is 22.4. The fourth-order valence-electron chi connectivity index (χ4n) is 3.49. The monoisotopic (exact) mass is 386 g/mol. The van der Waals surface area contributed by atoms with Gasteiger partial charge in [0.1, 0.15) is 5.75 Å². The summed E-state index contributed by atoms with van der Waals surface area (Å²) in [6, 6.07) is 10.3. The van der Waals surface area contributed by atoms with Gasteiger partial charge in [-0.3, -0.25) is 0 Å². The highest BCUT2D eigenvalue weighted by atomic mass is 16.5. The van der Waals surface area contributed by atoms with E-state index in [4.69, 9.17) is 14.2 Å². The van der Waals surface area contributed by atoms with Gasteiger partial charge in [0.25, 0.3) is 0 Å². The maximum atomic E-state index is 6.22. The fraction of sp³-hybridized carbons (Fsp3) is 0.600. The Labute approximate surface area is 171 Å². The van der Waals surface area contributed by atoms with Crippen LogP contribution in [0.5, 0.6) is 17.2 Å². The Bertz CT molecular complexity index is 681. The first-order valence-electron chi connectivity index (χ1n) is 11.2. The van der Waals surface area contributed by atoms with Crippen molar-refractivity contribution in [3.05, 3.63) is 30.3 Å². The van der Waals surface area contributed by atoms with Gasteiger partial charge < -0.3 is 14.2 Å². The molecular weight excluding hydrogens is 348 g/mol. The van der Waals surface area contributed by atoms with Crippen LogP contribution in [0.4, 0.5) is 0 Å². The molecule has 0 saturated carbocycles. The average Bonchev–Trinajstić information content (AvgIpc) is 2.73. The summed E-state index contributed by atoms with van der Waals surface area (Å²) >= 11 is 0. The second-order valence-electron chi connectivity index (χ2n) is 7.48. The molecule has 0 heterocycles. The molecule has 2 rings (SSSR count). The molecular formula is C25H38O3. The zero-order chi connectivity index (χ0) is 20.0. The Balaban J connectivity index is 2.07. The van der Waals surface area contributed by atoms with Crippen molar-refractivity contribution < 1.29 is 14.2 Å². The molecule has 0 saturated heterocycles. The van der Waals surface area contributed by atoms with Crippen molar-refractivity contribution in [2.24, 2.45) is 0 Å². The van der Waals surface area contributed by atoms with E-state index in [2.05, 4.69) is 32.0 Å². The third-order valence-electron chi connectivity index (χ3n) is 5.14. The minimum Gasteiger partial charge on any atom is -0.493 e. The summed E-state index contributed by atoms with van der Waals surface area (Å²) in [6.07, 6.45) is 12.3. The Morgan fingerprint density at radius 1 is 0.643 bits per heavy atom. The molecule has 2 aromatic rings.